The highest BCUT2D eigenvalue weighted by molar-refractivity contribution is 6.07. The molecule has 1 heterocycles. The summed E-state index contributed by atoms with van der Waals surface area (Å²) in [5.41, 5.74) is 5.57. The van der Waals surface area contributed by atoms with Crippen LogP contribution in [-0.2, 0) is 4.79 Å². The summed E-state index contributed by atoms with van der Waals surface area (Å²) in [5, 5.41) is 24.6. The molecule has 2 aromatic carbocycles. The predicted octanol–water partition coefficient (Wildman–Crippen LogP) is 3.52. The average Bonchev–Trinajstić information content (AvgIpc) is 2.73. The van der Waals surface area contributed by atoms with E-state index in [-0.39, 0.29) is 5.91 Å². The molecule has 0 fully saturated rings. The fourth-order valence-corrected chi connectivity index (χ4v) is 3.48. The van der Waals surface area contributed by atoms with E-state index in [1.165, 1.54) is 0 Å². The van der Waals surface area contributed by atoms with Crippen molar-refractivity contribution in [1.82, 2.24) is 10.2 Å². The second-order valence-corrected chi connectivity index (χ2v) is 7.28. The van der Waals surface area contributed by atoms with Crippen LogP contribution >= 0.6 is 0 Å². The van der Waals surface area contributed by atoms with Gasteiger partial charge in [0.25, 0.3) is 0 Å². The van der Waals surface area contributed by atoms with E-state index in [9.17, 15) is 9.90 Å². The third kappa shape index (κ3) is 4.84. The Hall–Kier alpha value is -3.12. The van der Waals surface area contributed by atoms with Crippen molar-refractivity contribution in [1.29, 1.82) is 5.41 Å². The quantitative estimate of drug-likeness (QED) is 0.463. The van der Waals surface area contributed by atoms with Crippen molar-refractivity contribution < 1.29 is 9.90 Å². The van der Waals surface area contributed by atoms with Gasteiger partial charge in [-0.25, -0.2) is 0 Å². The highest BCUT2D eigenvalue weighted by atomic mass is 16.3. The Kier molecular flexibility index (Phi) is 6.34. The van der Waals surface area contributed by atoms with Gasteiger partial charge in [-0.05, 0) is 41.8 Å². The molecule has 0 aromatic heterocycles. The molecule has 4 N–H and O–H groups in total. The van der Waals surface area contributed by atoms with Gasteiger partial charge in [-0.2, -0.15) is 0 Å². The van der Waals surface area contributed by atoms with E-state index in [1.54, 1.807) is 18.7 Å². The lowest BCUT2D eigenvalue weighted by Gasteiger charge is -2.30. The van der Waals surface area contributed by atoms with Crippen molar-refractivity contribution >= 4 is 17.4 Å². The van der Waals surface area contributed by atoms with Crippen LogP contribution < -0.4 is 10.6 Å². The van der Waals surface area contributed by atoms with Gasteiger partial charge >= 0.3 is 0 Å². The van der Waals surface area contributed by atoms with Crippen LogP contribution in [0.5, 0.6) is 0 Å². The summed E-state index contributed by atoms with van der Waals surface area (Å²) in [6.45, 7) is 4.42. The van der Waals surface area contributed by atoms with E-state index in [2.05, 4.69) is 10.6 Å². The molecular weight excluding hydrogens is 364 g/mol. The normalized spacial score (nSPS) is 15.1. The summed E-state index contributed by atoms with van der Waals surface area (Å²) in [6.07, 6.45) is 0.213. The third-order valence-electron chi connectivity index (χ3n) is 5.25. The summed E-state index contributed by atoms with van der Waals surface area (Å²) in [5.74, 6) is 0.318. The van der Waals surface area contributed by atoms with Gasteiger partial charge < -0.3 is 20.6 Å². The molecule has 0 spiro atoms. The number of aliphatic hydroxyl groups excluding tert-OH is 1. The molecule has 1 aliphatic heterocycles. The number of rotatable bonds is 5. The van der Waals surface area contributed by atoms with Crippen molar-refractivity contribution in [2.24, 2.45) is 0 Å². The molecule has 1 aliphatic rings. The first-order valence-corrected chi connectivity index (χ1v) is 9.78. The smallest absolute Gasteiger partial charge is 0.219 e. The van der Waals surface area contributed by atoms with Crippen LogP contribution in [0.25, 0.3) is 11.1 Å². The number of benzene rings is 2. The number of nitrogens with one attached hydrogen (secondary N) is 3. The van der Waals surface area contributed by atoms with E-state index in [4.69, 9.17) is 5.41 Å². The lowest BCUT2D eigenvalue weighted by atomic mass is 10.0. The van der Waals surface area contributed by atoms with Crippen molar-refractivity contribution in [3.63, 3.8) is 0 Å². The zero-order chi connectivity index (χ0) is 21.0. The molecule has 152 valence electrons. The summed E-state index contributed by atoms with van der Waals surface area (Å²) in [6, 6.07) is 15.7. The topological polar surface area (TPSA) is 88.4 Å². The van der Waals surface area contributed by atoms with Crippen molar-refractivity contribution in [3.05, 3.63) is 65.4 Å². The zero-order valence-corrected chi connectivity index (χ0v) is 17.1. The number of carbonyl (C=O) groups is 1. The molecule has 0 bridgehead atoms. The maximum Gasteiger partial charge on any atom is 0.219 e. The maximum atomic E-state index is 11.7. The van der Waals surface area contributed by atoms with E-state index in [0.29, 0.717) is 25.3 Å². The molecule has 29 heavy (non-hydrogen) atoms. The van der Waals surface area contributed by atoms with Gasteiger partial charge in [-0.3, -0.25) is 10.2 Å². The van der Waals surface area contributed by atoms with Crippen molar-refractivity contribution in [3.8, 4) is 11.1 Å². The van der Waals surface area contributed by atoms with E-state index < -0.39 is 6.10 Å². The number of carbonyl (C=O) groups excluding carboxylic acids is 1. The lowest BCUT2D eigenvalue weighted by Crippen LogP contribution is -2.40. The summed E-state index contributed by atoms with van der Waals surface area (Å²) < 4.78 is 0. The SMILES string of the molecule is CNC1=C(C(=N)Nc2ccc(-c3cccc(C(C)O)c3)cc2)CN(C(C)=O)CC1. The molecule has 2 aromatic rings. The van der Waals surface area contributed by atoms with E-state index >= 15 is 0 Å². The van der Waals surface area contributed by atoms with Gasteiger partial charge in [-0.15, -0.1) is 0 Å². The van der Waals surface area contributed by atoms with Gasteiger partial charge in [0.2, 0.25) is 5.91 Å². The van der Waals surface area contributed by atoms with Gasteiger partial charge in [0, 0.05) is 43.9 Å². The molecule has 1 amide bonds. The molecule has 1 unspecified atom stereocenters. The highest BCUT2D eigenvalue weighted by Crippen LogP contribution is 2.25. The number of hydrogen-bond donors (Lipinski definition) is 4. The van der Waals surface area contributed by atoms with Crippen LogP contribution in [0.3, 0.4) is 0 Å². The van der Waals surface area contributed by atoms with Crippen molar-refractivity contribution in [2.75, 3.05) is 25.5 Å². The Balaban J connectivity index is 1.75. The Morgan fingerprint density at radius 2 is 1.90 bits per heavy atom. The molecular formula is C23H28N4O2. The van der Waals surface area contributed by atoms with Crippen LogP contribution in [-0.4, -0.2) is 41.9 Å². The first kappa shape index (κ1) is 20.6. The summed E-state index contributed by atoms with van der Waals surface area (Å²) in [7, 11) is 1.85. The largest absolute Gasteiger partial charge is 0.391 e. The predicted molar refractivity (Wildman–Crippen MR) is 117 cm³/mol. The third-order valence-corrected chi connectivity index (χ3v) is 5.25. The molecule has 0 aliphatic carbocycles. The van der Waals surface area contributed by atoms with Crippen LogP contribution in [0, 0.1) is 5.41 Å². The number of nitrogens with zero attached hydrogens (tertiary/aromatic N) is 1. The standard InChI is InChI=1S/C23H28N4O2/c1-15(28)18-5-4-6-19(13-18)17-7-9-20(10-8-17)26-23(24)21-14-27(16(2)29)12-11-22(21)25-3/h4-10,13,15,25,28H,11-12,14H2,1-3H3,(H2,24,26). The molecule has 1 atom stereocenters. The first-order valence-electron chi connectivity index (χ1n) is 9.78. The highest BCUT2D eigenvalue weighted by Gasteiger charge is 2.23. The molecule has 3 rings (SSSR count). The molecule has 0 radical (unpaired) electrons. The Morgan fingerprint density at radius 1 is 1.17 bits per heavy atom. The summed E-state index contributed by atoms with van der Waals surface area (Å²) >= 11 is 0. The minimum atomic E-state index is -0.504. The number of hydrogen-bond acceptors (Lipinski definition) is 4. The first-order chi connectivity index (χ1) is 13.9. The number of amidine groups is 1. The molecule has 0 saturated heterocycles. The minimum Gasteiger partial charge on any atom is -0.391 e. The minimum absolute atomic E-state index is 0.0224. The van der Waals surface area contributed by atoms with Crippen LogP contribution in [0.4, 0.5) is 5.69 Å². The van der Waals surface area contributed by atoms with Gasteiger partial charge in [0.05, 0.1) is 12.6 Å². The van der Waals surface area contributed by atoms with Gasteiger partial charge in [-0.1, -0.05) is 30.3 Å². The van der Waals surface area contributed by atoms with Gasteiger partial charge in [0.15, 0.2) is 0 Å². The zero-order valence-electron chi connectivity index (χ0n) is 17.1. The van der Waals surface area contributed by atoms with Crippen LogP contribution in [0.15, 0.2) is 59.8 Å². The second kappa shape index (κ2) is 8.92. The monoisotopic (exact) mass is 392 g/mol. The summed E-state index contributed by atoms with van der Waals surface area (Å²) in [4.78, 5) is 13.5. The molecule has 6 nitrogen and oxygen atoms in total. The molecule has 6 heteroatoms. The maximum absolute atomic E-state index is 11.7. The average molecular weight is 393 g/mol. The lowest BCUT2D eigenvalue weighted by molar-refractivity contribution is -0.128. The number of anilines is 1. The Bertz CT molecular complexity index is 932. The second-order valence-electron chi connectivity index (χ2n) is 7.28. The number of amides is 1. The Morgan fingerprint density at radius 3 is 2.52 bits per heavy atom. The fourth-order valence-electron chi connectivity index (χ4n) is 3.48. The van der Waals surface area contributed by atoms with Gasteiger partial charge in [0.1, 0.15) is 5.84 Å². The van der Waals surface area contributed by atoms with E-state index in [0.717, 1.165) is 33.6 Å². The van der Waals surface area contributed by atoms with Crippen LogP contribution in [0.1, 0.15) is 31.9 Å². The Labute approximate surface area is 171 Å². The molecule has 0 saturated carbocycles. The fraction of sp³-hybridized carbons (Fsp3) is 0.304. The van der Waals surface area contributed by atoms with Crippen molar-refractivity contribution in [2.45, 2.75) is 26.4 Å². The number of aliphatic hydroxyl groups is 1. The van der Waals surface area contributed by atoms with Crippen LogP contribution in [0.2, 0.25) is 0 Å². The van der Waals surface area contributed by atoms with E-state index in [1.807, 2.05) is 55.6 Å².